The fraction of sp³-hybridized carbons (Fsp3) is 0.0513. The zero-order valence-corrected chi connectivity index (χ0v) is 23.5. The third-order valence-electron chi connectivity index (χ3n) is 9.08. The quantitative estimate of drug-likeness (QED) is 0.185. The number of aromatic nitrogens is 3. The second-order valence-electron chi connectivity index (χ2n) is 11.3. The zero-order chi connectivity index (χ0) is 27.9. The van der Waals surface area contributed by atoms with Crippen LogP contribution in [0.5, 0.6) is 0 Å². The number of hydrogen-bond donors (Lipinski definition) is 0. The second kappa shape index (κ2) is 8.55. The molecule has 3 aromatic heterocycles. The SMILES string of the molecule is Cc1ccccc1-c1n2c3ccccc3c3ccccc3c3cccc4c5ccccc5n(c5cccc(c52)[n+]1C)c34. The second-order valence-corrected chi connectivity index (χ2v) is 11.3. The summed E-state index contributed by atoms with van der Waals surface area (Å²) in [6, 6.07) is 48.9. The molecule has 3 heteroatoms. The average molecular weight is 539 g/mol. The maximum Gasteiger partial charge on any atom is 0.295 e. The molecule has 0 radical (unpaired) electrons. The highest BCUT2D eigenvalue weighted by molar-refractivity contribution is 6.22. The number of rotatable bonds is 1. The molecule has 198 valence electrons. The molecule has 0 saturated heterocycles. The molecule has 3 nitrogen and oxygen atoms in total. The fourth-order valence-electron chi connectivity index (χ4n) is 7.26. The van der Waals surface area contributed by atoms with E-state index >= 15 is 0 Å². The fourth-order valence-corrected chi connectivity index (χ4v) is 7.26. The summed E-state index contributed by atoms with van der Waals surface area (Å²) in [5.74, 6) is 1.17. The van der Waals surface area contributed by atoms with E-state index in [1.54, 1.807) is 0 Å². The molecule has 3 heterocycles. The van der Waals surface area contributed by atoms with Crippen LogP contribution in [0.25, 0.3) is 76.8 Å². The van der Waals surface area contributed by atoms with E-state index in [9.17, 15) is 0 Å². The minimum atomic E-state index is 1.17. The first kappa shape index (κ1) is 23.3. The van der Waals surface area contributed by atoms with Crippen LogP contribution in [0.1, 0.15) is 5.56 Å². The molecule has 0 aliphatic rings. The number of aryl methyl sites for hydroxylation is 2. The van der Waals surface area contributed by atoms with Crippen LogP contribution in [0, 0.1) is 6.92 Å². The molecule has 9 rings (SSSR count). The van der Waals surface area contributed by atoms with Gasteiger partial charge in [-0.1, -0.05) is 103 Å². The Hall–Kier alpha value is -5.41. The van der Waals surface area contributed by atoms with Crippen LogP contribution in [-0.4, -0.2) is 8.80 Å². The van der Waals surface area contributed by atoms with Gasteiger partial charge >= 0.3 is 0 Å². The summed E-state index contributed by atoms with van der Waals surface area (Å²) in [6.07, 6.45) is 0. The molecule has 0 bridgehead atoms. The Morgan fingerprint density at radius 1 is 0.429 bits per heavy atom. The highest BCUT2D eigenvalue weighted by Gasteiger charge is 2.27. The van der Waals surface area contributed by atoms with Gasteiger partial charge in [-0.25, -0.2) is 4.57 Å². The van der Waals surface area contributed by atoms with Crippen molar-refractivity contribution in [3.63, 3.8) is 0 Å². The van der Waals surface area contributed by atoms with Crippen LogP contribution in [0.3, 0.4) is 0 Å². The molecule has 0 N–H and O–H groups in total. The van der Waals surface area contributed by atoms with Crippen molar-refractivity contribution in [1.82, 2.24) is 8.80 Å². The van der Waals surface area contributed by atoms with Crippen molar-refractivity contribution >= 4 is 65.4 Å². The molecule has 0 amide bonds. The lowest BCUT2D eigenvalue weighted by Crippen LogP contribution is -2.29. The summed E-state index contributed by atoms with van der Waals surface area (Å²) < 4.78 is 7.38. The van der Waals surface area contributed by atoms with E-state index in [0.29, 0.717) is 0 Å². The first-order chi connectivity index (χ1) is 20.7. The van der Waals surface area contributed by atoms with Gasteiger partial charge in [-0.2, -0.15) is 4.40 Å². The third kappa shape index (κ3) is 2.97. The topological polar surface area (TPSA) is 12.7 Å². The Bertz CT molecular complexity index is 2600. The van der Waals surface area contributed by atoms with E-state index in [2.05, 4.69) is 161 Å². The lowest BCUT2D eigenvalue weighted by atomic mass is 10.0. The Morgan fingerprint density at radius 3 is 1.67 bits per heavy atom. The van der Waals surface area contributed by atoms with E-state index < -0.39 is 0 Å². The minimum Gasteiger partial charge on any atom is -0.305 e. The van der Waals surface area contributed by atoms with Gasteiger partial charge in [0, 0.05) is 21.5 Å². The molecule has 9 aromatic rings. The number of nitrogens with zero attached hydrogens (tertiary/aromatic N) is 3. The van der Waals surface area contributed by atoms with Gasteiger partial charge in [-0.15, -0.1) is 0 Å². The van der Waals surface area contributed by atoms with Crippen LogP contribution in [-0.2, 0) is 7.05 Å². The monoisotopic (exact) mass is 538 g/mol. The van der Waals surface area contributed by atoms with Crippen LogP contribution < -0.4 is 4.57 Å². The summed E-state index contributed by atoms with van der Waals surface area (Å²) >= 11 is 0. The van der Waals surface area contributed by atoms with E-state index in [4.69, 9.17) is 0 Å². The predicted molar refractivity (Wildman–Crippen MR) is 176 cm³/mol. The molecular formula is C39H28N3+. The van der Waals surface area contributed by atoms with E-state index in [0.717, 1.165) is 0 Å². The molecular weight excluding hydrogens is 510 g/mol. The molecule has 42 heavy (non-hydrogen) atoms. The molecule has 0 atom stereocenters. The van der Waals surface area contributed by atoms with Gasteiger partial charge in [-0.05, 0) is 53.6 Å². The van der Waals surface area contributed by atoms with Gasteiger partial charge in [0.05, 0.1) is 29.2 Å². The molecule has 0 aliphatic carbocycles. The predicted octanol–water partition coefficient (Wildman–Crippen LogP) is 9.32. The van der Waals surface area contributed by atoms with E-state index in [1.807, 2.05) is 0 Å². The van der Waals surface area contributed by atoms with Gasteiger partial charge < -0.3 is 4.40 Å². The average Bonchev–Trinajstić information content (AvgIpc) is 3.53. The van der Waals surface area contributed by atoms with Crippen molar-refractivity contribution in [2.75, 3.05) is 0 Å². The summed E-state index contributed by atoms with van der Waals surface area (Å²) in [7, 11) is 2.21. The van der Waals surface area contributed by atoms with Gasteiger partial charge in [0.1, 0.15) is 5.52 Å². The van der Waals surface area contributed by atoms with Crippen molar-refractivity contribution in [2.24, 2.45) is 7.05 Å². The minimum absolute atomic E-state index is 1.17. The van der Waals surface area contributed by atoms with Crippen LogP contribution in [0.15, 0.2) is 133 Å². The maximum absolute atomic E-state index is 2.51. The number of imidazole rings is 1. The van der Waals surface area contributed by atoms with Gasteiger partial charge in [-0.3, -0.25) is 0 Å². The smallest absolute Gasteiger partial charge is 0.295 e. The van der Waals surface area contributed by atoms with Gasteiger partial charge in [0.25, 0.3) is 5.82 Å². The van der Waals surface area contributed by atoms with Crippen molar-refractivity contribution in [2.45, 2.75) is 6.92 Å². The Kier molecular flexibility index (Phi) is 4.74. The van der Waals surface area contributed by atoms with Crippen LogP contribution >= 0.6 is 0 Å². The Balaban J connectivity index is 1.77. The lowest BCUT2D eigenvalue weighted by molar-refractivity contribution is -0.633. The molecule has 0 unspecified atom stereocenters. The lowest BCUT2D eigenvalue weighted by Gasteiger charge is -2.08. The third-order valence-corrected chi connectivity index (χ3v) is 9.08. The summed E-state index contributed by atoms with van der Waals surface area (Å²) in [6.45, 7) is 2.21. The van der Waals surface area contributed by atoms with Crippen molar-refractivity contribution in [1.29, 1.82) is 0 Å². The van der Waals surface area contributed by atoms with Gasteiger partial charge in [0.15, 0.2) is 5.52 Å². The molecule has 6 aromatic carbocycles. The Morgan fingerprint density at radius 2 is 0.929 bits per heavy atom. The first-order valence-corrected chi connectivity index (χ1v) is 14.5. The Labute approximate surface area is 242 Å². The number of para-hydroxylation sites is 4. The standard InChI is InChI=1S/C39H28N3/c1-25-13-3-4-14-26(25)39-40(2)35-23-12-24-36-38(35)42(39)34-22-10-7-17-29(34)27-15-5-6-16-28(27)31-19-11-20-32-30-18-8-9-21-33(30)41(36)37(31)32/h3-24H,1-2H3/q+1. The van der Waals surface area contributed by atoms with Crippen molar-refractivity contribution in [3.05, 3.63) is 139 Å². The van der Waals surface area contributed by atoms with E-state index in [1.165, 1.54) is 82.4 Å². The molecule has 0 aliphatic heterocycles. The highest BCUT2D eigenvalue weighted by atomic mass is 15.1. The van der Waals surface area contributed by atoms with Crippen molar-refractivity contribution in [3.8, 4) is 11.4 Å². The summed E-state index contributed by atoms with van der Waals surface area (Å²) in [5, 5.41) is 7.47. The number of fused-ring (bicyclic) bond motifs is 9. The summed E-state index contributed by atoms with van der Waals surface area (Å²) in [4.78, 5) is 0. The number of hydrogen-bond acceptors (Lipinski definition) is 0. The summed E-state index contributed by atoms with van der Waals surface area (Å²) in [5.41, 5.74) is 9.68. The highest BCUT2D eigenvalue weighted by Crippen LogP contribution is 2.38. The molecule has 0 saturated carbocycles. The van der Waals surface area contributed by atoms with Gasteiger partial charge in [0.2, 0.25) is 5.52 Å². The first-order valence-electron chi connectivity index (χ1n) is 14.5. The maximum atomic E-state index is 2.51. The molecule has 0 spiro atoms. The number of benzene rings is 6. The normalized spacial score (nSPS) is 12.0. The molecule has 0 fully saturated rings. The van der Waals surface area contributed by atoms with E-state index in [-0.39, 0.29) is 0 Å². The zero-order valence-electron chi connectivity index (χ0n) is 23.5. The van der Waals surface area contributed by atoms with Crippen LogP contribution in [0.2, 0.25) is 0 Å². The largest absolute Gasteiger partial charge is 0.305 e. The van der Waals surface area contributed by atoms with Crippen LogP contribution in [0.4, 0.5) is 0 Å². The van der Waals surface area contributed by atoms with Crippen molar-refractivity contribution < 1.29 is 4.57 Å².